The molecule has 4 unspecified atom stereocenters. The molecule has 0 spiro atoms. The molecule has 0 aliphatic carbocycles. The van der Waals surface area contributed by atoms with Gasteiger partial charge in [-0.2, -0.15) is 9.29 Å². The van der Waals surface area contributed by atoms with Gasteiger partial charge in [-0.3, -0.25) is 23.2 Å². The van der Waals surface area contributed by atoms with E-state index in [-0.39, 0.29) is 18.7 Å². The molecule has 75 heavy (non-hydrogen) atoms. The zero-order valence-electron chi connectivity index (χ0n) is 43.8. The predicted octanol–water partition coefficient (Wildman–Crippen LogP) is 10.2. The summed E-state index contributed by atoms with van der Waals surface area (Å²) in [6.45, 7) is 1.91. The van der Waals surface area contributed by atoms with Crippen LogP contribution in [0.5, 0.6) is 0 Å². The van der Waals surface area contributed by atoms with E-state index in [1.807, 2.05) is 12.2 Å². The Bertz CT molecular complexity index is 2210. The molecule has 2 aliphatic heterocycles. The third-order valence-corrected chi connectivity index (χ3v) is 14.2. The molecule has 2 fully saturated rings. The van der Waals surface area contributed by atoms with Crippen molar-refractivity contribution < 1.29 is 71.0 Å². The highest BCUT2D eigenvalue weighted by Gasteiger charge is 2.46. The van der Waals surface area contributed by atoms with Crippen LogP contribution >= 0.6 is 15.6 Å². The standard InChI is InChI=1S/C54H83N3O16P2/c1-3-5-7-8-9-10-11-12-13-14-15-16-17-18-19-24-27-30-34-38-50(59)70-44(41-67-49(58)37-33-29-26-23-21-20-22-25-28-32-36-46-45(71-46)35-31-6-4-2)42-68-74(63,64)73-75(65,66)69-43-47-51(60)52(61)53(72-47)57-40-39-48(55)56-54(57)62/h5,7,9-10,12-13,15-16,18-20,22-23,26,28,32,39-40,44-47,51-53,60-61H,3-4,6,8,11,14,17,21,24-25,27,29-31,33-38,41-43H2,1-2H3,(H,63,64)(H,65,66)(H2,55,56,62)/b7-5-,10-9-,13-12-,16-15-,19-18-,22-20-,26-23-,32-28-/t44-,45?,46?,47-,51-,52-,53-/m1/s1. The summed E-state index contributed by atoms with van der Waals surface area (Å²) in [5, 5.41) is 20.9. The molecular weight excluding hydrogens is 1010 g/mol. The summed E-state index contributed by atoms with van der Waals surface area (Å²) in [7, 11) is -10.9. The van der Waals surface area contributed by atoms with E-state index < -0.39 is 83.7 Å². The third-order valence-electron chi connectivity index (χ3n) is 11.6. The number of nitrogen functional groups attached to an aromatic ring is 1. The lowest BCUT2D eigenvalue weighted by Crippen LogP contribution is -2.36. The van der Waals surface area contributed by atoms with Crippen LogP contribution in [0.4, 0.5) is 5.82 Å². The van der Waals surface area contributed by atoms with Gasteiger partial charge in [-0.05, 0) is 96.0 Å². The van der Waals surface area contributed by atoms with Crippen LogP contribution in [0.2, 0.25) is 0 Å². The van der Waals surface area contributed by atoms with Crippen LogP contribution in [0, 0.1) is 0 Å². The number of esters is 2. The molecule has 19 nitrogen and oxygen atoms in total. The van der Waals surface area contributed by atoms with E-state index in [9.17, 15) is 43.5 Å². The average molecular weight is 1090 g/mol. The normalized spacial score (nSPS) is 22.3. The topological polar surface area (TPSA) is 278 Å². The quantitative estimate of drug-likeness (QED) is 0.0134. The fourth-order valence-corrected chi connectivity index (χ4v) is 9.54. The van der Waals surface area contributed by atoms with Crippen LogP contribution in [0.3, 0.4) is 0 Å². The van der Waals surface area contributed by atoms with Gasteiger partial charge < -0.3 is 44.7 Å². The number of aliphatic hydroxyl groups is 2. The first-order chi connectivity index (χ1) is 36.1. The summed E-state index contributed by atoms with van der Waals surface area (Å²) in [6, 6.07) is 1.24. The van der Waals surface area contributed by atoms with Gasteiger partial charge in [0.25, 0.3) is 0 Å². The number of aliphatic hydroxyl groups excluding tert-OH is 2. The average Bonchev–Trinajstić information content (AvgIpc) is 4.06. The highest BCUT2D eigenvalue weighted by atomic mass is 31.3. The molecule has 420 valence electrons. The van der Waals surface area contributed by atoms with Gasteiger partial charge in [-0.1, -0.05) is 137 Å². The van der Waals surface area contributed by atoms with Crippen molar-refractivity contribution in [3.63, 3.8) is 0 Å². The molecule has 6 N–H and O–H groups in total. The monoisotopic (exact) mass is 1090 g/mol. The number of hydrogen-bond acceptors (Lipinski definition) is 16. The zero-order valence-corrected chi connectivity index (χ0v) is 45.5. The summed E-state index contributed by atoms with van der Waals surface area (Å²) in [6.07, 6.45) is 43.8. The van der Waals surface area contributed by atoms with Crippen LogP contribution in [0.25, 0.3) is 0 Å². The summed E-state index contributed by atoms with van der Waals surface area (Å²) in [5.74, 6) is -1.42. The smallest absolute Gasteiger partial charge is 0.462 e. The van der Waals surface area contributed by atoms with E-state index in [2.05, 4.69) is 108 Å². The number of nitrogens with zero attached hydrogens (tertiary/aromatic N) is 2. The Labute approximate surface area is 443 Å². The van der Waals surface area contributed by atoms with Gasteiger partial charge >= 0.3 is 33.3 Å². The van der Waals surface area contributed by atoms with Crippen molar-refractivity contribution in [1.29, 1.82) is 0 Å². The Morgan fingerprint density at radius 2 is 1.25 bits per heavy atom. The molecule has 0 amide bonds. The highest BCUT2D eigenvalue weighted by molar-refractivity contribution is 7.61. The summed E-state index contributed by atoms with van der Waals surface area (Å²) in [4.78, 5) is 62.0. The van der Waals surface area contributed by atoms with Gasteiger partial charge in [0.1, 0.15) is 30.7 Å². The van der Waals surface area contributed by atoms with Gasteiger partial charge in [0.15, 0.2) is 12.3 Å². The van der Waals surface area contributed by atoms with E-state index in [0.717, 1.165) is 81.4 Å². The summed E-state index contributed by atoms with van der Waals surface area (Å²) in [5.41, 5.74) is 4.58. The van der Waals surface area contributed by atoms with Crippen LogP contribution < -0.4 is 11.4 Å². The van der Waals surface area contributed by atoms with E-state index in [1.54, 1.807) is 0 Å². The predicted molar refractivity (Wildman–Crippen MR) is 288 cm³/mol. The largest absolute Gasteiger partial charge is 0.481 e. The van der Waals surface area contributed by atoms with Crippen molar-refractivity contribution in [2.75, 3.05) is 25.6 Å². The van der Waals surface area contributed by atoms with Crippen molar-refractivity contribution in [1.82, 2.24) is 9.55 Å². The first-order valence-electron chi connectivity index (χ1n) is 26.4. The molecule has 1 aromatic rings. The first kappa shape index (κ1) is 64.9. The van der Waals surface area contributed by atoms with Crippen LogP contribution in [0.15, 0.2) is 114 Å². The fraction of sp³-hybridized carbons (Fsp3) is 0.593. The number of nitrogens with two attached hydrogens (primary N) is 1. The number of ether oxygens (including phenoxy) is 4. The molecular formula is C54H83N3O16P2. The lowest BCUT2D eigenvalue weighted by atomic mass is 10.1. The number of carbonyl (C=O) groups is 2. The molecule has 1 aromatic heterocycles. The Balaban J connectivity index is 1.41. The van der Waals surface area contributed by atoms with Crippen molar-refractivity contribution >= 4 is 33.4 Å². The van der Waals surface area contributed by atoms with Crippen LogP contribution in [0.1, 0.15) is 148 Å². The van der Waals surface area contributed by atoms with Gasteiger partial charge in [0, 0.05) is 19.0 Å². The second kappa shape index (κ2) is 38.2. The maximum absolute atomic E-state index is 12.9. The molecule has 2 aliphatic rings. The van der Waals surface area contributed by atoms with Crippen molar-refractivity contribution in [2.45, 2.75) is 185 Å². The number of anilines is 1. The Hall–Kier alpha value is -4.36. The molecule has 3 rings (SSSR count). The van der Waals surface area contributed by atoms with Crippen LogP contribution in [-0.4, -0.2) is 97.9 Å². The number of aromatic nitrogens is 2. The first-order valence-corrected chi connectivity index (χ1v) is 29.4. The summed E-state index contributed by atoms with van der Waals surface area (Å²) >= 11 is 0. The number of phosphoric ester groups is 2. The van der Waals surface area contributed by atoms with E-state index in [1.165, 1.54) is 25.3 Å². The Morgan fingerprint density at radius 3 is 1.87 bits per heavy atom. The Morgan fingerprint density at radius 1 is 0.680 bits per heavy atom. The van der Waals surface area contributed by atoms with E-state index in [0.29, 0.717) is 37.9 Å². The van der Waals surface area contributed by atoms with Crippen LogP contribution in [-0.2, 0) is 51.0 Å². The van der Waals surface area contributed by atoms with Crippen molar-refractivity contribution in [2.24, 2.45) is 0 Å². The Kier molecular flexibility index (Phi) is 33.1. The second-order valence-electron chi connectivity index (χ2n) is 18.0. The van der Waals surface area contributed by atoms with Crippen molar-refractivity contribution in [3.05, 3.63) is 120 Å². The molecule has 0 radical (unpaired) electrons. The SMILES string of the molecule is CC/C=C\C/C=C\C/C=C\C/C=C\C/C=C\CCCCCC(=O)O[C@H](COC(=O)CCC/C=C\C/C=C\C/C=C\CC1OC1CCCCC)COP(=O)(O)OP(=O)(O)OC[C@H]1O[C@@H](n2ccc(N)nc2=O)[C@H](O)[C@@H]1O. The second-order valence-corrected chi connectivity index (χ2v) is 21.1. The minimum Gasteiger partial charge on any atom is -0.462 e. The molecule has 21 heteroatoms. The number of phosphoric acid groups is 2. The molecule has 0 bridgehead atoms. The molecule has 3 heterocycles. The third kappa shape index (κ3) is 30.2. The van der Waals surface area contributed by atoms with Crippen molar-refractivity contribution in [3.8, 4) is 0 Å². The number of hydrogen-bond donors (Lipinski definition) is 5. The minimum absolute atomic E-state index is 0.00902. The lowest BCUT2D eigenvalue weighted by Gasteiger charge is -2.21. The number of allylic oxidation sites excluding steroid dienone is 15. The molecule has 9 atom stereocenters. The number of carbonyl (C=O) groups excluding carboxylic acids is 2. The molecule has 0 saturated carbocycles. The number of epoxide rings is 1. The fourth-order valence-electron chi connectivity index (χ4n) is 7.43. The summed E-state index contributed by atoms with van der Waals surface area (Å²) < 4.78 is 62.5. The minimum atomic E-state index is -5.45. The van der Waals surface area contributed by atoms with Gasteiger partial charge in [-0.15, -0.1) is 0 Å². The van der Waals surface area contributed by atoms with Gasteiger partial charge in [0.2, 0.25) is 0 Å². The zero-order chi connectivity index (χ0) is 54.6. The maximum Gasteiger partial charge on any atom is 0.481 e. The lowest BCUT2D eigenvalue weighted by molar-refractivity contribution is -0.161. The molecule has 0 aromatic carbocycles. The number of rotatable bonds is 41. The number of unbranched alkanes of at least 4 members (excludes halogenated alkanes) is 6. The molecule has 2 saturated heterocycles. The van der Waals surface area contributed by atoms with Gasteiger partial charge in [-0.25, -0.2) is 13.9 Å². The van der Waals surface area contributed by atoms with Gasteiger partial charge in [0.05, 0.1) is 25.4 Å². The maximum atomic E-state index is 12.9. The van der Waals surface area contributed by atoms with E-state index in [4.69, 9.17) is 33.7 Å². The highest BCUT2D eigenvalue weighted by Crippen LogP contribution is 2.60. The van der Waals surface area contributed by atoms with E-state index >= 15 is 0 Å².